The van der Waals surface area contributed by atoms with Gasteiger partial charge in [-0.3, -0.25) is 5.10 Å². The van der Waals surface area contributed by atoms with Crippen LogP contribution in [0.1, 0.15) is 38.9 Å². The molecule has 2 rings (SSSR count). The fraction of sp³-hybridized carbons (Fsp3) is 0.846. The number of piperidine rings is 1. The molecular weight excluding hydrogens is 226 g/mol. The number of rotatable bonds is 5. The molecule has 1 aromatic rings. The number of H-pyrrole nitrogens is 1. The standard InChI is InChI=1S/C13H25N5/c1-10(2)5-6-12-15-13(17-16-12)18-7-3-4-11(8-14)9-18/h10-11H,3-9,14H2,1-2H3,(H,15,16,17). The van der Waals surface area contributed by atoms with Crippen molar-refractivity contribution in [1.29, 1.82) is 0 Å². The number of nitrogens with two attached hydrogens (primary N) is 1. The maximum Gasteiger partial charge on any atom is 0.244 e. The van der Waals surface area contributed by atoms with Crippen molar-refractivity contribution < 1.29 is 0 Å². The third kappa shape index (κ3) is 3.45. The molecule has 0 aromatic carbocycles. The predicted molar refractivity (Wildman–Crippen MR) is 73.5 cm³/mol. The van der Waals surface area contributed by atoms with Gasteiger partial charge in [0, 0.05) is 19.5 Å². The van der Waals surface area contributed by atoms with E-state index in [2.05, 4.69) is 33.9 Å². The highest BCUT2D eigenvalue weighted by Crippen LogP contribution is 2.19. The number of aromatic nitrogens is 3. The largest absolute Gasteiger partial charge is 0.339 e. The minimum Gasteiger partial charge on any atom is -0.339 e. The maximum absolute atomic E-state index is 5.75. The monoisotopic (exact) mass is 251 g/mol. The fourth-order valence-electron chi connectivity index (χ4n) is 2.40. The molecule has 18 heavy (non-hydrogen) atoms. The van der Waals surface area contributed by atoms with Crippen molar-refractivity contribution in [2.75, 3.05) is 24.5 Å². The fourth-order valence-corrected chi connectivity index (χ4v) is 2.40. The summed E-state index contributed by atoms with van der Waals surface area (Å²) in [6.45, 7) is 7.28. The van der Waals surface area contributed by atoms with Crippen molar-refractivity contribution in [3.05, 3.63) is 5.82 Å². The molecule has 5 nitrogen and oxygen atoms in total. The summed E-state index contributed by atoms with van der Waals surface area (Å²) >= 11 is 0. The summed E-state index contributed by atoms with van der Waals surface area (Å²) in [4.78, 5) is 6.85. The van der Waals surface area contributed by atoms with E-state index in [1.165, 1.54) is 12.8 Å². The smallest absolute Gasteiger partial charge is 0.244 e. The van der Waals surface area contributed by atoms with E-state index in [-0.39, 0.29) is 0 Å². The highest BCUT2D eigenvalue weighted by Gasteiger charge is 2.21. The topological polar surface area (TPSA) is 70.8 Å². The quantitative estimate of drug-likeness (QED) is 0.833. The number of anilines is 1. The Morgan fingerprint density at radius 3 is 3.06 bits per heavy atom. The van der Waals surface area contributed by atoms with E-state index >= 15 is 0 Å². The van der Waals surface area contributed by atoms with Crippen LogP contribution in [0.15, 0.2) is 0 Å². The zero-order valence-electron chi connectivity index (χ0n) is 11.5. The lowest BCUT2D eigenvalue weighted by Crippen LogP contribution is -2.39. The van der Waals surface area contributed by atoms with E-state index in [0.717, 1.165) is 44.2 Å². The van der Waals surface area contributed by atoms with Crippen molar-refractivity contribution in [3.8, 4) is 0 Å². The van der Waals surface area contributed by atoms with Crippen molar-refractivity contribution in [2.24, 2.45) is 17.6 Å². The molecule has 1 aliphatic rings. The molecule has 1 saturated heterocycles. The van der Waals surface area contributed by atoms with Gasteiger partial charge in [-0.1, -0.05) is 13.8 Å². The van der Waals surface area contributed by atoms with E-state index in [4.69, 9.17) is 5.73 Å². The van der Waals surface area contributed by atoms with Crippen LogP contribution in [0.5, 0.6) is 0 Å². The van der Waals surface area contributed by atoms with E-state index in [1.54, 1.807) is 0 Å². The van der Waals surface area contributed by atoms with Crippen LogP contribution in [0.4, 0.5) is 5.95 Å². The minimum atomic E-state index is 0.594. The Morgan fingerprint density at radius 2 is 2.33 bits per heavy atom. The van der Waals surface area contributed by atoms with Crippen molar-refractivity contribution in [1.82, 2.24) is 15.2 Å². The molecule has 0 aliphatic carbocycles. The Hall–Kier alpha value is -1.10. The first-order chi connectivity index (χ1) is 8.69. The molecule has 5 heteroatoms. The summed E-state index contributed by atoms with van der Waals surface area (Å²) in [6, 6.07) is 0. The number of aryl methyl sites for hydroxylation is 1. The highest BCUT2D eigenvalue weighted by atomic mass is 15.4. The van der Waals surface area contributed by atoms with Gasteiger partial charge in [0.25, 0.3) is 0 Å². The number of hydrogen-bond acceptors (Lipinski definition) is 4. The molecule has 0 amide bonds. The lowest BCUT2D eigenvalue weighted by atomic mass is 9.99. The van der Waals surface area contributed by atoms with Gasteiger partial charge in [0.1, 0.15) is 5.82 Å². The van der Waals surface area contributed by atoms with Crippen LogP contribution in [0, 0.1) is 11.8 Å². The Kier molecular flexibility index (Phi) is 4.58. The first kappa shape index (κ1) is 13.3. The lowest BCUT2D eigenvalue weighted by molar-refractivity contribution is 0.419. The molecule has 102 valence electrons. The second-order valence-corrected chi connectivity index (χ2v) is 5.70. The Morgan fingerprint density at radius 1 is 1.50 bits per heavy atom. The van der Waals surface area contributed by atoms with E-state index in [1.807, 2.05) is 0 Å². The second kappa shape index (κ2) is 6.18. The Bertz CT molecular complexity index is 360. The third-order valence-electron chi connectivity index (χ3n) is 3.61. The average molecular weight is 251 g/mol. The molecule has 0 bridgehead atoms. The SMILES string of the molecule is CC(C)CCc1nc(N2CCCC(CN)C2)n[nH]1. The number of aromatic amines is 1. The summed E-state index contributed by atoms with van der Waals surface area (Å²) in [5, 5.41) is 7.39. The van der Waals surface area contributed by atoms with Gasteiger partial charge in [0.2, 0.25) is 5.95 Å². The van der Waals surface area contributed by atoms with Gasteiger partial charge < -0.3 is 10.6 Å². The molecule has 1 aliphatic heterocycles. The van der Waals surface area contributed by atoms with Gasteiger partial charge in [-0.15, -0.1) is 5.10 Å². The van der Waals surface area contributed by atoms with Crippen LogP contribution in [0.2, 0.25) is 0 Å². The summed E-state index contributed by atoms with van der Waals surface area (Å²) in [5.74, 6) is 3.16. The predicted octanol–water partition coefficient (Wildman–Crippen LogP) is 1.57. The molecular formula is C13H25N5. The summed E-state index contributed by atoms with van der Waals surface area (Å²) in [6.07, 6.45) is 4.56. The first-order valence-corrected chi connectivity index (χ1v) is 7.05. The summed E-state index contributed by atoms with van der Waals surface area (Å²) in [7, 11) is 0. The Balaban J connectivity index is 1.92. The Labute approximate surface area is 109 Å². The van der Waals surface area contributed by atoms with Crippen molar-refractivity contribution in [2.45, 2.75) is 39.5 Å². The average Bonchev–Trinajstić information content (AvgIpc) is 2.85. The first-order valence-electron chi connectivity index (χ1n) is 7.05. The normalized spacial score (nSPS) is 20.7. The summed E-state index contributed by atoms with van der Waals surface area (Å²) < 4.78 is 0. The highest BCUT2D eigenvalue weighted by molar-refractivity contribution is 5.29. The van der Waals surface area contributed by atoms with Gasteiger partial charge in [-0.25, -0.2) is 0 Å². The van der Waals surface area contributed by atoms with Crippen LogP contribution >= 0.6 is 0 Å². The molecule has 3 N–H and O–H groups in total. The molecule has 0 radical (unpaired) electrons. The van der Waals surface area contributed by atoms with Gasteiger partial charge in [-0.2, -0.15) is 4.98 Å². The number of nitrogens with zero attached hydrogens (tertiary/aromatic N) is 3. The number of hydrogen-bond donors (Lipinski definition) is 2. The van der Waals surface area contributed by atoms with Crippen LogP contribution < -0.4 is 10.6 Å². The lowest BCUT2D eigenvalue weighted by Gasteiger charge is -2.31. The number of nitrogens with one attached hydrogen (secondary N) is 1. The van der Waals surface area contributed by atoms with E-state index in [0.29, 0.717) is 11.8 Å². The third-order valence-corrected chi connectivity index (χ3v) is 3.61. The molecule has 1 atom stereocenters. The van der Waals surface area contributed by atoms with Crippen molar-refractivity contribution in [3.63, 3.8) is 0 Å². The molecule has 2 heterocycles. The van der Waals surface area contributed by atoms with Crippen LogP contribution in [-0.2, 0) is 6.42 Å². The van der Waals surface area contributed by atoms with E-state index in [9.17, 15) is 0 Å². The minimum absolute atomic E-state index is 0.594. The zero-order valence-corrected chi connectivity index (χ0v) is 11.5. The van der Waals surface area contributed by atoms with E-state index < -0.39 is 0 Å². The summed E-state index contributed by atoms with van der Waals surface area (Å²) in [5.41, 5.74) is 5.75. The molecule has 1 unspecified atom stereocenters. The molecule has 0 saturated carbocycles. The second-order valence-electron chi connectivity index (χ2n) is 5.70. The van der Waals surface area contributed by atoms with Crippen LogP contribution in [0.25, 0.3) is 0 Å². The molecule has 1 aromatic heterocycles. The van der Waals surface area contributed by atoms with Crippen LogP contribution in [-0.4, -0.2) is 34.8 Å². The molecule has 0 spiro atoms. The van der Waals surface area contributed by atoms with Gasteiger partial charge >= 0.3 is 0 Å². The maximum atomic E-state index is 5.75. The zero-order chi connectivity index (χ0) is 13.0. The molecule has 1 fully saturated rings. The van der Waals surface area contributed by atoms with Crippen LogP contribution in [0.3, 0.4) is 0 Å². The van der Waals surface area contributed by atoms with Crippen molar-refractivity contribution >= 4 is 5.95 Å². The van der Waals surface area contributed by atoms with Gasteiger partial charge in [0.15, 0.2) is 0 Å². The van der Waals surface area contributed by atoms with Gasteiger partial charge in [0.05, 0.1) is 0 Å². The van der Waals surface area contributed by atoms with Gasteiger partial charge in [-0.05, 0) is 37.6 Å².